The molecule has 4 atom stereocenters. The number of fused-ring (bicyclic) bond motifs is 1. The summed E-state index contributed by atoms with van der Waals surface area (Å²) in [7, 11) is -6.24. The molecule has 262 valence electrons. The quantitative estimate of drug-likeness (QED) is 0.321. The molecule has 1 amide bonds. The van der Waals surface area contributed by atoms with Crippen LogP contribution in [0.4, 0.5) is 5.69 Å². The van der Waals surface area contributed by atoms with Gasteiger partial charge in [-0.15, -0.1) is 0 Å². The van der Waals surface area contributed by atoms with Crippen LogP contribution in [-0.4, -0.2) is 88.7 Å². The van der Waals surface area contributed by atoms with Crippen LogP contribution >= 0.6 is 0 Å². The second-order valence-electron chi connectivity index (χ2n) is 12.5. The Morgan fingerprint density at radius 2 is 1.67 bits per heavy atom. The first-order valence-electron chi connectivity index (χ1n) is 16.2. The molecule has 48 heavy (non-hydrogen) atoms. The molecule has 0 unspecified atom stereocenters. The maximum absolute atomic E-state index is 14.4. The van der Waals surface area contributed by atoms with Gasteiger partial charge in [0.15, 0.2) is 0 Å². The Kier molecular flexibility index (Phi) is 12.7. The lowest BCUT2D eigenvalue weighted by atomic mass is 10.0. The van der Waals surface area contributed by atoms with Gasteiger partial charge in [-0.25, -0.2) is 16.8 Å². The van der Waals surface area contributed by atoms with E-state index in [1.807, 2.05) is 20.8 Å². The first-order valence-corrected chi connectivity index (χ1v) is 19.1. The Labute approximate surface area is 285 Å². The number of sulfonamides is 2. The molecule has 0 radical (unpaired) electrons. The number of benzene rings is 3. The predicted molar refractivity (Wildman–Crippen MR) is 185 cm³/mol. The smallest absolute Gasteiger partial charge is 0.261 e. The Morgan fingerprint density at radius 1 is 0.979 bits per heavy atom. The van der Waals surface area contributed by atoms with Gasteiger partial charge in [0.05, 0.1) is 40.2 Å². The van der Waals surface area contributed by atoms with Gasteiger partial charge < -0.3 is 19.5 Å². The van der Waals surface area contributed by atoms with Crippen molar-refractivity contribution in [3.8, 4) is 5.75 Å². The Balaban J connectivity index is 1.68. The SMILES string of the molecule is Cc1ccc(S(=O)(=O)Nc2ccc3c(c2)C(=O)N([C@H](C)CO)C[C@@H](C)[C@@H](CN(C)S(=O)(=O)c2ccccc2)OCCCC[C@H](C)O3)cc1. The number of hydrogen-bond donors (Lipinski definition) is 2. The molecule has 13 heteroatoms. The summed E-state index contributed by atoms with van der Waals surface area (Å²) < 4.78 is 69.5. The van der Waals surface area contributed by atoms with E-state index in [0.717, 1.165) is 12.0 Å². The van der Waals surface area contributed by atoms with E-state index in [1.54, 1.807) is 61.5 Å². The summed E-state index contributed by atoms with van der Waals surface area (Å²) in [6.45, 7) is 7.59. The summed E-state index contributed by atoms with van der Waals surface area (Å²) in [6, 6.07) is 18.6. The van der Waals surface area contributed by atoms with Gasteiger partial charge in [-0.05, 0) is 82.5 Å². The van der Waals surface area contributed by atoms with E-state index in [9.17, 15) is 26.7 Å². The minimum atomic E-state index is -3.95. The molecule has 2 N–H and O–H groups in total. The van der Waals surface area contributed by atoms with Crippen LogP contribution in [0, 0.1) is 12.8 Å². The van der Waals surface area contributed by atoms with E-state index in [-0.39, 0.29) is 52.8 Å². The summed E-state index contributed by atoms with van der Waals surface area (Å²) in [4.78, 5) is 16.1. The number of nitrogens with zero attached hydrogens (tertiary/aromatic N) is 2. The molecule has 0 aromatic heterocycles. The van der Waals surface area contributed by atoms with Crippen molar-refractivity contribution >= 4 is 31.6 Å². The number of nitrogens with one attached hydrogen (secondary N) is 1. The first kappa shape index (κ1) is 37.3. The van der Waals surface area contributed by atoms with E-state index < -0.39 is 38.1 Å². The number of anilines is 1. The predicted octanol–water partition coefficient (Wildman–Crippen LogP) is 4.91. The van der Waals surface area contributed by atoms with Gasteiger partial charge in [-0.1, -0.05) is 42.8 Å². The summed E-state index contributed by atoms with van der Waals surface area (Å²) in [5, 5.41) is 10.2. The maximum Gasteiger partial charge on any atom is 0.261 e. The van der Waals surface area contributed by atoms with Gasteiger partial charge in [-0.2, -0.15) is 4.31 Å². The van der Waals surface area contributed by atoms with Crippen molar-refractivity contribution in [2.75, 3.05) is 38.1 Å². The van der Waals surface area contributed by atoms with Crippen molar-refractivity contribution < 1.29 is 36.2 Å². The fraction of sp³-hybridized carbons (Fsp3) is 0.457. The molecular formula is C35H47N3O8S2. The van der Waals surface area contributed by atoms with E-state index in [1.165, 1.54) is 34.5 Å². The molecular weight excluding hydrogens is 655 g/mol. The highest BCUT2D eigenvalue weighted by Crippen LogP contribution is 2.30. The number of carbonyl (C=O) groups excluding carboxylic acids is 1. The third-order valence-electron chi connectivity index (χ3n) is 8.52. The standard InChI is InChI=1S/C35H47N3O8S2/c1-25-14-17-30(18-15-25)47(41,42)36-29-16-19-33-32(21-29)35(40)38(27(3)24-39)22-26(2)34(45-20-10-9-11-28(4)46-33)23-37(5)48(43,44)31-12-7-6-8-13-31/h6-8,12-19,21,26-28,34,36,39H,9-11,20,22-24H2,1-5H3/t26-,27-,28+,34-/m1/s1. The van der Waals surface area contributed by atoms with Crippen LogP contribution in [0.25, 0.3) is 0 Å². The molecule has 0 fully saturated rings. The zero-order valence-electron chi connectivity index (χ0n) is 28.2. The number of amides is 1. The number of likely N-dealkylation sites (N-methyl/N-ethyl adjacent to an activating group) is 1. The van der Waals surface area contributed by atoms with Crippen LogP contribution in [0.5, 0.6) is 5.75 Å². The van der Waals surface area contributed by atoms with E-state index >= 15 is 0 Å². The third-order valence-corrected chi connectivity index (χ3v) is 11.8. The van der Waals surface area contributed by atoms with Gasteiger partial charge in [0.1, 0.15) is 5.75 Å². The highest BCUT2D eigenvalue weighted by molar-refractivity contribution is 7.92. The second-order valence-corrected chi connectivity index (χ2v) is 16.3. The summed E-state index contributed by atoms with van der Waals surface area (Å²) in [6.07, 6.45) is 1.31. The van der Waals surface area contributed by atoms with Gasteiger partial charge in [0.25, 0.3) is 15.9 Å². The molecule has 0 spiro atoms. The molecule has 11 nitrogen and oxygen atoms in total. The lowest BCUT2D eigenvalue weighted by Crippen LogP contribution is -2.48. The van der Waals surface area contributed by atoms with Crippen LogP contribution in [-0.2, 0) is 24.8 Å². The molecule has 1 aliphatic rings. The minimum Gasteiger partial charge on any atom is -0.490 e. The summed E-state index contributed by atoms with van der Waals surface area (Å²) in [5.41, 5.74) is 1.23. The zero-order valence-corrected chi connectivity index (χ0v) is 29.8. The number of aliphatic hydroxyl groups is 1. The Hall–Kier alpha value is -3.49. The van der Waals surface area contributed by atoms with Crippen molar-refractivity contribution in [2.24, 2.45) is 5.92 Å². The molecule has 1 heterocycles. The van der Waals surface area contributed by atoms with Gasteiger partial charge in [0.2, 0.25) is 10.0 Å². The average Bonchev–Trinajstić information content (AvgIpc) is 3.06. The lowest BCUT2D eigenvalue weighted by molar-refractivity contribution is -0.00833. The molecule has 0 saturated heterocycles. The topological polar surface area (TPSA) is 143 Å². The fourth-order valence-corrected chi connectivity index (χ4v) is 7.76. The number of aryl methyl sites for hydroxylation is 1. The van der Waals surface area contributed by atoms with Gasteiger partial charge >= 0.3 is 0 Å². The van der Waals surface area contributed by atoms with Crippen molar-refractivity contribution in [2.45, 2.75) is 75.0 Å². The van der Waals surface area contributed by atoms with Crippen molar-refractivity contribution in [3.05, 3.63) is 83.9 Å². The number of aliphatic hydroxyl groups excluding tert-OH is 1. The molecule has 0 aliphatic carbocycles. The Morgan fingerprint density at radius 3 is 2.33 bits per heavy atom. The van der Waals surface area contributed by atoms with Crippen molar-refractivity contribution in [3.63, 3.8) is 0 Å². The molecule has 3 aromatic carbocycles. The largest absolute Gasteiger partial charge is 0.490 e. The van der Waals surface area contributed by atoms with E-state index in [4.69, 9.17) is 9.47 Å². The molecule has 0 bridgehead atoms. The third kappa shape index (κ3) is 9.35. The highest BCUT2D eigenvalue weighted by Gasteiger charge is 2.32. The van der Waals surface area contributed by atoms with Crippen LogP contribution in [0.15, 0.2) is 82.6 Å². The van der Waals surface area contributed by atoms with E-state index in [0.29, 0.717) is 25.2 Å². The highest BCUT2D eigenvalue weighted by atomic mass is 32.2. The number of hydrogen-bond acceptors (Lipinski definition) is 8. The van der Waals surface area contributed by atoms with Crippen molar-refractivity contribution in [1.29, 1.82) is 0 Å². The average molecular weight is 702 g/mol. The lowest BCUT2D eigenvalue weighted by Gasteiger charge is -2.35. The number of rotatable bonds is 9. The molecule has 0 saturated carbocycles. The molecule has 1 aliphatic heterocycles. The van der Waals surface area contributed by atoms with Crippen molar-refractivity contribution in [1.82, 2.24) is 9.21 Å². The second kappa shape index (κ2) is 16.3. The maximum atomic E-state index is 14.4. The Bertz CT molecular complexity index is 1740. The minimum absolute atomic E-state index is 0.0506. The van der Waals surface area contributed by atoms with Crippen LogP contribution in [0.1, 0.15) is 56.0 Å². The molecule has 3 aromatic rings. The normalized spacial score (nSPS) is 20.8. The van der Waals surface area contributed by atoms with Crippen LogP contribution < -0.4 is 9.46 Å². The first-order chi connectivity index (χ1) is 22.7. The number of carbonyl (C=O) groups is 1. The zero-order chi connectivity index (χ0) is 35.1. The summed E-state index contributed by atoms with van der Waals surface area (Å²) >= 11 is 0. The fourth-order valence-electron chi connectivity index (χ4n) is 5.50. The van der Waals surface area contributed by atoms with Gasteiger partial charge in [0, 0.05) is 38.3 Å². The number of ether oxygens (including phenoxy) is 2. The van der Waals surface area contributed by atoms with E-state index in [2.05, 4.69) is 4.72 Å². The van der Waals surface area contributed by atoms with Gasteiger partial charge in [-0.3, -0.25) is 9.52 Å². The van der Waals surface area contributed by atoms with Crippen LogP contribution in [0.3, 0.4) is 0 Å². The molecule has 4 rings (SSSR count). The summed E-state index contributed by atoms with van der Waals surface area (Å²) in [5.74, 6) is -0.527. The van der Waals surface area contributed by atoms with Crippen LogP contribution in [0.2, 0.25) is 0 Å². The monoisotopic (exact) mass is 701 g/mol.